The minimum atomic E-state index is -0.966. The second-order valence-corrected chi connectivity index (χ2v) is 3.97. The van der Waals surface area contributed by atoms with Crippen molar-refractivity contribution in [3.63, 3.8) is 0 Å². The number of aliphatic carboxylic acids is 1. The van der Waals surface area contributed by atoms with Gasteiger partial charge >= 0.3 is 5.97 Å². The highest BCUT2D eigenvalue weighted by Crippen LogP contribution is 2.04. The first-order valence-electron chi connectivity index (χ1n) is 4.15. The molecule has 2 N–H and O–H groups in total. The summed E-state index contributed by atoms with van der Waals surface area (Å²) in [6.07, 6.45) is 0.480. The highest BCUT2D eigenvalue weighted by atomic mass is 32.2. The molecule has 0 aliphatic heterocycles. The fourth-order valence-corrected chi connectivity index (χ4v) is 1.54. The molecule has 0 spiro atoms. The Morgan fingerprint density at radius 1 is 1.54 bits per heavy atom. The second-order valence-electron chi connectivity index (χ2n) is 2.58. The SMILES string of the molecule is CCSCCC(NC(C)=O)C(=O)O. The summed E-state index contributed by atoms with van der Waals surface area (Å²) in [5.41, 5.74) is 0. The van der Waals surface area contributed by atoms with Gasteiger partial charge in [-0.05, 0) is 17.9 Å². The van der Waals surface area contributed by atoms with Crippen LogP contribution in [0.25, 0.3) is 0 Å². The smallest absolute Gasteiger partial charge is 0.326 e. The molecule has 0 aromatic carbocycles. The van der Waals surface area contributed by atoms with Crippen LogP contribution in [-0.4, -0.2) is 34.5 Å². The summed E-state index contributed by atoms with van der Waals surface area (Å²) in [7, 11) is 0. The van der Waals surface area contributed by atoms with Crippen molar-refractivity contribution in [3.05, 3.63) is 0 Å². The van der Waals surface area contributed by atoms with Crippen molar-refractivity contribution in [3.8, 4) is 0 Å². The van der Waals surface area contributed by atoms with Gasteiger partial charge in [0.2, 0.25) is 5.91 Å². The van der Waals surface area contributed by atoms with Crippen LogP contribution in [0.4, 0.5) is 0 Å². The monoisotopic (exact) mass is 205 g/mol. The third kappa shape index (κ3) is 6.45. The number of carbonyl (C=O) groups is 2. The number of carboxylic acid groups (broad SMARTS) is 1. The van der Waals surface area contributed by atoms with Crippen LogP contribution in [0.2, 0.25) is 0 Å². The summed E-state index contributed by atoms with van der Waals surface area (Å²) in [5.74, 6) is 0.459. The van der Waals surface area contributed by atoms with Gasteiger partial charge in [0, 0.05) is 6.92 Å². The van der Waals surface area contributed by atoms with E-state index in [1.165, 1.54) is 6.92 Å². The average molecular weight is 205 g/mol. The van der Waals surface area contributed by atoms with E-state index in [1.807, 2.05) is 6.92 Å². The molecule has 0 rings (SSSR count). The number of hydrogen-bond donors (Lipinski definition) is 2. The zero-order valence-electron chi connectivity index (χ0n) is 7.87. The molecule has 1 unspecified atom stereocenters. The molecule has 0 heterocycles. The zero-order chi connectivity index (χ0) is 10.3. The molecule has 1 amide bonds. The summed E-state index contributed by atoms with van der Waals surface area (Å²) < 4.78 is 0. The number of nitrogens with one attached hydrogen (secondary N) is 1. The zero-order valence-corrected chi connectivity index (χ0v) is 8.69. The van der Waals surface area contributed by atoms with Crippen LogP contribution in [0.3, 0.4) is 0 Å². The normalized spacial score (nSPS) is 12.2. The van der Waals surface area contributed by atoms with Crippen LogP contribution in [0.5, 0.6) is 0 Å². The van der Waals surface area contributed by atoms with E-state index in [0.29, 0.717) is 6.42 Å². The summed E-state index contributed by atoms with van der Waals surface area (Å²) in [4.78, 5) is 21.2. The Bertz CT molecular complexity index is 184. The molecule has 0 aromatic rings. The van der Waals surface area contributed by atoms with Gasteiger partial charge in [-0.15, -0.1) is 0 Å². The van der Waals surface area contributed by atoms with Gasteiger partial charge in [-0.1, -0.05) is 6.92 Å². The van der Waals surface area contributed by atoms with Crippen LogP contribution in [0.15, 0.2) is 0 Å². The minimum absolute atomic E-state index is 0.297. The largest absolute Gasteiger partial charge is 0.480 e. The Balaban J connectivity index is 3.81. The van der Waals surface area contributed by atoms with Gasteiger partial charge in [0.25, 0.3) is 0 Å². The van der Waals surface area contributed by atoms with Gasteiger partial charge in [-0.2, -0.15) is 11.8 Å². The van der Waals surface area contributed by atoms with Gasteiger partial charge in [0.15, 0.2) is 0 Å². The number of hydrogen-bond acceptors (Lipinski definition) is 3. The molecule has 0 aromatic heterocycles. The molecule has 0 saturated carbocycles. The van der Waals surface area contributed by atoms with E-state index in [4.69, 9.17) is 5.11 Å². The predicted octanol–water partition coefficient (Wildman–Crippen LogP) is 0.719. The van der Waals surface area contributed by atoms with Gasteiger partial charge in [-0.25, -0.2) is 4.79 Å². The highest BCUT2D eigenvalue weighted by Gasteiger charge is 2.17. The third-order valence-electron chi connectivity index (χ3n) is 1.43. The fourth-order valence-electron chi connectivity index (χ4n) is 0.848. The van der Waals surface area contributed by atoms with Crippen molar-refractivity contribution in [2.75, 3.05) is 11.5 Å². The van der Waals surface area contributed by atoms with Gasteiger partial charge in [0.1, 0.15) is 6.04 Å². The second kappa shape index (κ2) is 6.77. The molecule has 76 valence electrons. The Morgan fingerprint density at radius 3 is 2.54 bits per heavy atom. The maximum atomic E-state index is 10.6. The molecule has 0 radical (unpaired) electrons. The first-order chi connectivity index (χ1) is 6.07. The van der Waals surface area contributed by atoms with Crippen molar-refractivity contribution in [1.82, 2.24) is 5.32 Å². The number of thioether (sulfide) groups is 1. The average Bonchev–Trinajstić information content (AvgIpc) is 2.02. The lowest BCUT2D eigenvalue weighted by molar-refractivity contribution is -0.141. The van der Waals surface area contributed by atoms with Crippen LogP contribution in [0, 0.1) is 0 Å². The Labute approximate surface area is 82.1 Å². The van der Waals surface area contributed by atoms with E-state index in [9.17, 15) is 9.59 Å². The first-order valence-corrected chi connectivity index (χ1v) is 5.31. The lowest BCUT2D eigenvalue weighted by atomic mass is 10.2. The molecule has 0 saturated heterocycles. The van der Waals surface area contributed by atoms with E-state index in [0.717, 1.165) is 11.5 Å². The number of amides is 1. The highest BCUT2D eigenvalue weighted by molar-refractivity contribution is 7.99. The lowest BCUT2D eigenvalue weighted by Gasteiger charge is -2.11. The molecule has 0 aliphatic carbocycles. The molecule has 0 bridgehead atoms. The van der Waals surface area contributed by atoms with E-state index in [-0.39, 0.29) is 5.91 Å². The molecule has 13 heavy (non-hydrogen) atoms. The maximum absolute atomic E-state index is 10.6. The number of carbonyl (C=O) groups excluding carboxylic acids is 1. The van der Waals surface area contributed by atoms with Gasteiger partial charge < -0.3 is 10.4 Å². The quantitative estimate of drug-likeness (QED) is 0.627. The minimum Gasteiger partial charge on any atom is -0.480 e. The molecular formula is C8H15NO3S. The lowest BCUT2D eigenvalue weighted by Crippen LogP contribution is -2.39. The van der Waals surface area contributed by atoms with Crippen LogP contribution in [0.1, 0.15) is 20.3 Å². The maximum Gasteiger partial charge on any atom is 0.326 e. The summed E-state index contributed by atoms with van der Waals surface area (Å²) in [5, 5.41) is 11.1. The molecule has 0 aliphatic rings. The molecular weight excluding hydrogens is 190 g/mol. The van der Waals surface area contributed by atoms with Gasteiger partial charge in [0.05, 0.1) is 0 Å². The molecule has 4 nitrogen and oxygen atoms in total. The van der Waals surface area contributed by atoms with E-state index < -0.39 is 12.0 Å². The van der Waals surface area contributed by atoms with E-state index in [1.54, 1.807) is 11.8 Å². The van der Waals surface area contributed by atoms with Crippen molar-refractivity contribution in [2.24, 2.45) is 0 Å². The van der Waals surface area contributed by atoms with Gasteiger partial charge in [-0.3, -0.25) is 4.79 Å². The molecule has 0 fully saturated rings. The van der Waals surface area contributed by atoms with Crippen LogP contribution < -0.4 is 5.32 Å². The number of rotatable bonds is 6. The summed E-state index contributed by atoms with van der Waals surface area (Å²) in [6, 6.07) is -0.739. The summed E-state index contributed by atoms with van der Waals surface area (Å²) in [6.45, 7) is 3.34. The summed E-state index contributed by atoms with van der Waals surface area (Å²) >= 11 is 1.67. The van der Waals surface area contributed by atoms with E-state index >= 15 is 0 Å². The van der Waals surface area contributed by atoms with E-state index in [2.05, 4.69) is 5.32 Å². The fraction of sp³-hybridized carbons (Fsp3) is 0.750. The number of carboxylic acids is 1. The Kier molecular flexibility index (Phi) is 6.40. The van der Waals surface area contributed by atoms with Crippen LogP contribution in [-0.2, 0) is 9.59 Å². The van der Waals surface area contributed by atoms with Crippen molar-refractivity contribution < 1.29 is 14.7 Å². The van der Waals surface area contributed by atoms with Crippen molar-refractivity contribution in [2.45, 2.75) is 26.3 Å². The Morgan fingerprint density at radius 2 is 2.15 bits per heavy atom. The molecule has 1 atom stereocenters. The molecule has 5 heteroatoms. The topological polar surface area (TPSA) is 66.4 Å². The Hall–Kier alpha value is -0.710. The van der Waals surface area contributed by atoms with Crippen LogP contribution >= 0.6 is 11.8 Å². The van der Waals surface area contributed by atoms with Crippen molar-refractivity contribution in [1.29, 1.82) is 0 Å². The van der Waals surface area contributed by atoms with Crippen molar-refractivity contribution >= 4 is 23.6 Å². The first kappa shape index (κ1) is 12.3. The third-order valence-corrected chi connectivity index (χ3v) is 2.36. The predicted molar refractivity (Wildman–Crippen MR) is 52.9 cm³/mol. The standard InChI is InChI=1S/C8H15NO3S/c1-3-13-5-4-7(8(11)12)9-6(2)10/h7H,3-5H2,1-2H3,(H,9,10)(H,11,12).